The number of H-pyrrole nitrogens is 1. The van der Waals surface area contributed by atoms with E-state index in [4.69, 9.17) is 18.5 Å². The second-order valence-corrected chi connectivity index (χ2v) is 11.3. The third-order valence-electron chi connectivity index (χ3n) is 6.10. The number of rotatable bonds is 11. The molecule has 0 saturated carbocycles. The van der Waals surface area contributed by atoms with E-state index in [1.165, 1.54) is 32.9 Å². The zero-order chi connectivity index (χ0) is 28.3. The first-order valence-electron chi connectivity index (χ1n) is 12.0. The number of aliphatic hydroxyl groups is 1. The molecule has 38 heavy (non-hydrogen) atoms. The third kappa shape index (κ3) is 6.59. The molecule has 6 atom stereocenters. The molecule has 1 unspecified atom stereocenters. The van der Waals surface area contributed by atoms with Gasteiger partial charge in [-0.3, -0.25) is 23.7 Å². The number of esters is 1. The number of nitrogens with one attached hydrogen (secondary N) is 2. The van der Waals surface area contributed by atoms with Gasteiger partial charge in [0, 0.05) is 11.8 Å². The molecule has 0 spiro atoms. The predicted molar refractivity (Wildman–Crippen MR) is 135 cm³/mol. The van der Waals surface area contributed by atoms with Gasteiger partial charge in [0.25, 0.3) is 5.56 Å². The molecule has 3 N–H and O–H groups in total. The number of halogens is 1. The maximum absolute atomic E-state index is 15.6. The maximum Gasteiger partial charge on any atom is 0.459 e. The van der Waals surface area contributed by atoms with Gasteiger partial charge in [0.15, 0.2) is 12.4 Å². The highest BCUT2D eigenvalue weighted by molar-refractivity contribution is 7.52. The number of carbonyl (C=O) groups is 1. The van der Waals surface area contributed by atoms with Gasteiger partial charge in [0.1, 0.15) is 11.8 Å². The lowest BCUT2D eigenvalue weighted by Gasteiger charge is -2.30. The van der Waals surface area contributed by atoms with Gasteiger partial charge in [0.05, 0.1) is 30.8 Å². The quantitative estimate of drug-likeness (QED) is 0.276. The summed E-state index contributed by atoms with van der Waals surface area (Å²) in [5.74, 6) is -0.531. The number of aryl methyl sites for hydroxylation is 1. The number of nitrogens with zero attached hydrogens (tertiary/aromatic N) is 1. The number of alkyl halides is 1. The van der Waals surface area contributed by atoms with Crippen LogP contribution in [0.3, 0.4) is 0 Å². The second kappa shape index (κ2) is 11.9. The summed E-state index contributed by atoms with van der Waals surface area (Å²) in [7, 11) is -4.30. The standard InChI is InChI=1S/C24H33FN3O9P/c1-14(2)35-22(31)16(4)27-38(33,37-17-9-7-6-8-10-17)34-12-18-24(5,13-29)19(25)21(36-18)28-11-15(3)20(30)26-23(28)32/h6-11,14,16,18-19,21,29H,12-13H2,1-5H3,(H,27,33)(H,26,30,32)/t16-,18+,19+,21+,24+,38?/m0/s1. The lowest BCUT2D eigenvalue weighted by molar-refractivity contribution is -0.149. The number of aromatic nitrogens is 2. The van der Waals surface area contributed by atoms with E-state index in [0.29, 0.717) is 0 Å². The third-order valence-corrected chi connectivity index (χ3v) is 7.75. The van der Waals surface area contributed by atoms with Gasteiger partial charge in [-0.05, 0) is 39.8 Å². The van der Waals surface area contributed by atoms with E-state index < -0.39 is 74.2 Å². The molecule has 2 aromatic rings. The first-order valence-corrected chi connectivity index (χ1v) is 13.5. The van der Waals surface area contributed by atoms with Crippen LogP contribution < -0.4 is 20.9 Å². The summed E-state index contributed by atoms with van der Waals surface area (Å²) >= 11 is 0. The van der Waals surface area contributed by atoms with Crippen molar-refractivity contribution in [3.8, 4) is 5.75 Å². The molecule has 1 fully saturated rings. The van der Waals surface area contributed by atoms with Crippen molar-refractivity contribution in [2.75, 3.05) is 13.2 Å². The molecule has 0 amide bonds. The average molecular weight is 558 g/mol. The summed E-state index contributed by atoms with van der Waals surface area (Å²) in [6, 6.07) is 6.94. The molecule has 12 nitrogen and oxygen atoms in total. The van der Waals surface area contributed by atoms with Crippen molar-refractivity contribution in [3.05, 3.63) is 62.9 Å². The lowest BCUT2D eigenvalue weighted by atomic mass is 9.82. The van der Waals surface area contributed by atoms with Crippen molar-refractivity contribution in [1.82, 2.24) is 14.6 Å². The molecule has 2 heterocycles. The van der Waals surface area contributed by atoms with Crippen LogP contribution in [0, 0.1) is 12.3 Å². The van der Waals surface area contributed by atoms with E-state index in [2.05, 4.69) is 10.1 Å². The van der Waals surface area contributed by atoms with Crippen molar-refractivity contribution in [2.45, 2.75) is 65.3 Å². The van der Waals surface area contributed by atoms with Crippen LogP contribution in [0.4, 0.5) is 4.39 Å². The monoisotopic (exact) mass is 557 g/mol. The Hall–Kier alpha value is -2.83. The molecule has 1 aliphatic rings. The minimum Gasteiger partial charge on any atom is -0.462 e. The Morgan fingerprint density at radius 2 is 1.95 bits per heavy atom. The lowest BCUT2D eigenvalue weighted by Crippen LogP contribution is -2.42. The highest BCUT2D eigenvalue weighted by Gasteiger charge is 2.56. The van der Waals surface area contributed by atoms with Crippen molar-refractivity contribution in [2.24, 2.45) is 5.41 Å². The fourth-order valence-electron chi connectivity index (χ4n) is 3.80. The number of aromatic amines is 1. The molecular weight excluding hydrogens is 524 g/mol. The maximum atomic E-state index is 15.6. The Bertz CT molecular complexity index is 1280. The number of hydrogen-bond donors (Lipinski definition) is 3. The van der Waals surface area contributed by atoms with E-state index in [-0.39, 0.29) is 11.3 Å². The minimum atomic E-state index is -4.30. The Labute approximate surface area is 218 Å². The first kappa shape index (κ1) is 29.7. The zero-order valence-corrected chi connectivity index (χ0v) is 22.6. The van der Waals surface area contributed by atoms with Crippen LogP contribution in [0.15, 0.2) is 46.1 Å². The van der Waals surface area contributed by atoms with Crippen LogP contribution >= 0.6 is 7.75 Å². The Balaban J connectivity index is 1.86. The SMILES string of the molecule is Cc1cn([C@@H]2O[C@H](COP(=O)(N[C@@H](C)C(=O)OC(C)C)Oc3ccccc3)[C@@](C)(CO)[C@@H]2F)c(=O)[nH]c1=O. The normalized spacial score (nSPS) is 25.6. The number of ether oxygens (including phenoxy) is 2. The van der Waals surface area contributed by atoms with Gasteiger partial charge in [-0.2, -0.15) is 5.09 Å². The van der Waals surface area contributed by atoms with Gasteiger partial charge < -0.3 is 19.1 Å². The van der Waals surface area contributed by atoms with E-state index in [9.17, 15) is 24.1 Å². The molecule has 1 aliphatic heterocycles. The van der Waals surface area contributed by atoms with Crippen LogP contribution in [0.25, 0.3) is 0 Å². The van der Waals surface area contributed by atoms with Crippen LogP contribution in [-0.2, 0) is 23.4 Å². The van der Waals surface area contributed by atoms with Crippen molar-refractivity contribution in [3.63, 3.8) is 0 Å². The summed E-state index contributed by atoms with van der Waals surface area (Å²) in [4.78, 5) is 38.5. The number of benzene rings is 1. The average Bonchev–Trinajstić information content (AvgIpc) is 3.10. The van der Waals surface area contributed by atoms with Crippen molar-refractivity contribution < 1.29 is 37.4 Å². The summed E-state index contributed by atoms with van der Waals surface area (Å²) in [6.07, 6.45) is -3.89. The van der Waals surface area contributed by atoms with Crippen LogP contribution in [0.1, 0.15) is 39.5 Å². The highest BCUT2D eigenvalue weighted by Crippen LogP contribution is 2.49. The first-order chi connectivity index (χ1) is 17.8. The molecular formula is C24H33FN3O9P. The van der Waals surface area contributed by atoms with E-state index in [1.54, 1.807) is 32.0 Å². The topological polar surface area (TPSA) is 158 Å². The summed E-state index contributed by atoms with van der Waals surface area (Å²) in [6.45, 7) is 6.31. The van der Waals surface area contributed by atoms with E-state index in [1.807, 2.05) is 0 Å². The smallest absolute Gasteiger partial charge is 0.459 e. The van der Waals surface area contributed by atoms with E-state index in [0.717, 1.165) is 10.8 Å². The molecule has 0 aliphatic carbocycles. The molecule has 3 rings (SSSR count). The Kier molecular flexibility index (Phi) is 9.32. The summed E-state index contributed by atoms with van der Waals surface area (Å²) < 4.78 is 52.4. The van der Waals surface area contributed by atoms with Gasteiger partial charge in [0.2, 0.25) is 0 Å². The zero-order valence-electron chi connectivity index (χ0n) is 21.8. The Morgan fingerprint density at radius 3 is 2.55 bits per heavy atom. The van der Waals surface area contributed by atoms with E-state index >= 15 is 4.39 Å². The van der Waals surface area contributed by atoms with Gasteiger partial charge in [-0.15, -0.1) is 0 Å². The molecule has 0 bridgehead atoms. The van der Waals surface area contributed by atoms with Crippen LogP contribution in [0.2, 0.25) is 0 Å². The fraction of sp³-hybridized carbons (Fsp3) is 0.542. The Morgan fingerprint density at radius 1 is 1.29 bits per heavy atom. The largest absolute Gasteiger partial charge is 0.462 e. The van der Waals surface area contributed by atoms with Crippen LogP contribution in [-0.4, -0.2) is 58.3 Å². The van der Waals surface area contributed by atoms with Gasteiger partial charge in [-0.25, -0.2) is 13.8 Å². The summed E-state index contributed by atoms with van der Waals surface area (Å²) in [5.41, 5.74) is -2.96. The van der Waals surface area contributed by atoms with Crippen LogP contribution in [0.5, 0.6) is 5.75 Å². The number of para-hydroxylation sites is 1. The molecule has 1 saturated heterocycles. The number of hydrogen-bond acceptors (Lipinski definition) is 9. The molecule has 1 aromatic heterocycles. The number of aliphatic hydroxyl groups excluding tert-OH is 1. The van der Waals surface area contributed by atoms with Gasteiger partial charge >= 0.3 is 19.4 Å². The predicted octanol–water partition coefficient (Wildman–Crippen LogP) is 2.21. The summed E-state index contributed by atoms with van der Waals surface area (Å²) in [5, 5.41) is 12.6. The highest BCUT2D eigenvalue weighted by atomic mass is 31.2. The second-order valence-electron chi connectivity index (χ2n) is 9.59. The molecule has 1 aromatic carbocycles. The van der Waals surface area contributed by atoms with Crippen molar-refractivity contribution in [1.29, 1.82) is 0 Å². The minimum absolute atomic E-state index is 0.151. The van der Waals surface area contributed by atoms with Gasteiger partial charge in [-0.1, -0.05) is 25.1 Å². The van der Waals surface area contributed by atoms with Crippen molar-refractivity contribution >= 4 is 13.7 Å². The molecule has 210 valence electrons. The molecule has 14 heteroatoms. The fourth-order valence-corrected chi connectivity index (χ4v) is 5.29. The molecule has 0 radical (unpaired) electrons. The number of carbonyl (C=O) groups excluding carboxylic acids is 1.